The zero-order chi connectivity index (χ0) is 78.9. The van der Waals surface area contributed by atoms with E-state index in [9.17, 15) is 102 Å². The minimum atomic E-state index is -1.61. The van der Waals surface area contributed by atoms with Crippen molar-refractivity contribution in [3.63, 3.8) is 0 Å². The molecule has 0 saturated heterocycles. The van der Waals surface area contributed by atoms with E-state index in [1.54, 1.807) is 30.3 Å². The molecule has 0 spiro atoms. The summed E-state index contributed by atoms with van der Waals surface area (Å²) in [5.41, 5.74) is 23.4. The van der Waals surface area contributed by atoms with E-state index in [1.165, 1.54) is 45.0 Å². The summed E-state index contributed by atoms with van der Waals surface area (Å²) in [6.45, 7) is 6.18. The Bertz CT molecular complexity index is 3330. The molecule has 29 heteroatoms. The van der Waals surface area contributed by atoms with Crippen molar-refractivity contribution in [1.29, 1.82) is 0 Å². The molecule has 0 radical (unpaired) electrons. The molecular weight excluding hydrogens is 1360 g/mol. The van der Waals surface area contributed by atoms with Gasteiger partial charge in [0.2, 0.25) is 23.6 Å². The van der Waals surface area contributed by atoms with Crippen molar-refractivity contribution in [1.82, 2.24) is 10.6 Å². The van der Waals surface area contributed by atoms with E-state index < -0.39 is 237 Å². The van der Waals surface area contributed by atoms with Gasteiger partial charge in [-0.05, 0) is 101 Å². The van der Waals surface area contributed by atoms with E-state index in [0.29, 0.717) is 36.9 Å². The number of carbonyl (C=O) groups is 17. The van der Waals surface area contributed by atoms with Crippen LogP contribution in [0.5, 0.6) is 5.75 Å². The van der Waals surface area contributed by atoms with E-state index in [-0.39, 0.29) is 113 Å². The van der Waals surface area contributed by atoms with Gasteiger partial charge < -0.3 is 59.1 Å². The fourth-order valence-electron chi connectivity index (χ4n) is 12.9. The maximum atomic E-state index is 15.0. The van der Waals surface area contributed by atoms with Gasteiger partial charge in [-0.15, -0.1) is 0 Å². The Morgan fingerprint density at radius 2 is 0.771 bits per heavy atom. The molecule has 580 valence electrons. The van der Waals surface area contributed by atoms with Crippen LogP contribution >= 0.6 is 0 Å². The highest BCUT2D eigenvalue weighted by atomic mass is 16.4. The molecule has 0 aliphatic heterocycles. The molecule has 15 N–H and O–H groups in total. The smallest absolute Gasteiger partial charge is 0.307 e. The normalized spacial score (nSPS) is 14.3. The average molecular weight is 1470 g/mol. The number of aliphatic hydroxyl groups is 1. The summed E-state index contributed by atoms with van der Waals surface area (Å²) in [5, 5.41) is 55.6. The second-order valence-electron chi connectivity index (χ2n) is 27.7. The molecule has 105 heavy (non-hydrogen) atoms. The highest BCUT2D eigenvalue weighted by Crippen LogP contribution is 2.33. The van der Waals surface area contributed by atoms with Crippen LogP contribution in [0.3, 0.4) is 0 Å². The van der Waals surface area contributed by atoms with Gasteiger partial charge in [-0.25, -0.2) is 0 Å². The van der Waals surface area contributed by atoms with Crippen LogP contribution < -0.4 is 33.6 Å². The van der Waals surface area contributed by atoms with Crippen molar-refractivity contribution in [3.05, 3.63) is 65.7 Å². The lowest BCUT2D eigenvalue weighted by Gasteiger charge is -2.25. The Labute approximate surface area is 612 Å². The number of carbonyl (C=O) groups excluding carboxylic acids is 14. The van der Waals surface area contributed by atoms with E-state index >= 15 is 4.79 Å². The largest absolute Gasteiger partial charge is 0.508 e. The number of Topliss-reactive ketones (excluding diaryl/α,β-unsaturated/α-hetero) is 10. The van der Waals surface area contributed by atoms with Gasteiger partial charge in [0.15, 0.2) is 5.96 Å². The van der Waals surface area contributed by atoms with Crippen LogP contribution in [-0.2, 0) is 94.3 Å². The zero-order valence-electron chi connectivity index (χ0n) is 60.9. The number of nitrogens with two attached hydrogens (primary N) is 4. The van der Waals surface area contributed by atoms with Crippen molar-refractivity contribution < 1.29 is 107 Å². The molecule has 2 rings (SSSR count). The SMILES string of the molecule is CCCC(=O)CC(CCCCNC(C)=O)C(=O)CC(CCCN=C(N)N)C(=O)CC(CC(N)=O)C(=O)CC(CC(N)=O)C(=O)CC(Cc1ccccc1)C(=O)CC(CCCCNC(C)=O)C(=O)CC(C(=O)CC(CCC(=O)O)C(=O)CC(CCC(=O)O)C(=O)CC(Cc1ccc(O)cc1)C(=O)O)C(C)O. The van der Waals surface area contributed by atoms with Gasteiger partial charge >= 0.3 is 17.9 Å². The number of hydrogen-bond acceptors (Lipinski definition) is 20. The van der Waals surface area contributed by atoms with Crippen molar-refractivity contribution in [2.75, 3.05) is 19.6 Å². The Hall–Kier alpha value is -9.54. The summed E-state index contributed by atoms with van der Waals surface area (Å²) < 4.78 is 0. The molecule has 11 unspecified atom stereocenters. The highest BCUT2D eigenvalue weighted by molar-refractivity contribution is 6.00. The van der Waals surface area contributed by atoms with Crippen molar-refractivity contribution in [3.8, 4) is 5.75 Å². The quantitative estimate of drug-likeness (QED) is 0.0226. The van der Waals surface area contributed by atoms with Crippen molar-refractivity contribution in [2.24, 2.45) is 87.1 Å². The number of phenolic OH excluding ortho intramolecular Hbond substituents is 1. The summed E-state index contributed by atoms with van der Waals surface area (Å²) >= 11 is 0. The number of ketones is 10. The van der Waals surface area contributed by atoms with Crippen LogP contribution in [0.1, 0.15) is 206 Å². The number of amides is 4. The van der Waals surface area contributed by atoms with Gasteiger partial charge in [0.05, 0.1) is 17.9 Å². The first kappa shape index (κ1) is 91.5. The fourth-order valence-corrected chi connectivity index (χ4v) is 12.9. The minimum absolute atomic E-state index is 0.0251. The van der Waals surface area contributed by atoms with Gasteiger partial charge in [0.25, 0.3) is 0 Å². The second kappa shape index (κ2) is 49.2. The molecule has 11 atom stereocenters. The number of rotatable bonds is 61. The van der Waals surface area contributed by atoms with Crippen LogP contribution in [0.15, 0.2) is 59.6 Å². The summed E-state index contributed by atoms with van der Waals surface area (Å²) in [6, 6.07) is 13.8. The van der Waals surface area contributed by atoms with E-state index in [2.05, 4.69) is 15.6 Å². The molecule has 2 aromatic carbocycles. The number of aromatic hydroxyl groups is 1. The third-order valence-corrected chi connectivity index (χ3v) is 18.8. The van der Waals surface area contributed by atoms with Crippen molar-refractivity contribution >= 4 is 105 Å². The van der Waals surface area contributed by atoms with Crippen LogP contribution in [0, 0.1) is 59.2 Å². The monoisotopic (exact) mass is 1470 g/mol. The molecule has 0 bridgehead atoms. The highest BCUT2D eigenvalue weighted by Gasteiger charge is 2.39. The van der Waals surface area contributed by atoms with Crippen LogP contribution in [0.4, 0.5) is 0 Å². The average Bonchev–Trinajstić information content (AvgIpc) is 0.854. The zero-order valence-corrected chi connectivity index (χ0v) is 60.9. The Morgan fingerprint density at radius 1 is 0.410 bits per heavy atom. The predicted molar refractivity (Wildman–Crippen MR) is 384 cm³/mol. The van der Waals surface area contributed by atoms with E-state index in [1.807, 2.05) is 6.92 Å². The molecule has 2 aromatic rings. The Morgan fingerprint density at radius 3 is 1.18 bits per heavy atom. The van der Waals surface area contributed by atoms with Crippen LogP contribution in [0.2, 0.25) is 0 Å². The molecule has 4 amide bonds. The maximum Gasteiger partial charge on any atom is 0.307 e. The number of phenols is 1. The molecule has 0 aromatic heterocycles. The Kier molecular flexibility index (Phi) is 42.9. The number of carboxylic acids is 3. The number of aliphatic carboxylic acids is 3. The minimum Gasteiger partial charge on any atom is -0.508 e. The number of aliphatic hydroxyl groups excluding tert-OH is 1. The summed E-state index contributed by atoms with van der Waals surface area (Å²) in [6.07, 6.45) is -9.05. The van der Waals surface area contributed by atoms with E-state index in [4.69, 9.17) is 22.9 Å². The topological polar surface area (TPSA) is 532 Å². The van der Waals surface area contributed by atoms with Gasteiger partial charge in [-0.2, -0.15) is 0 Å². The number of aliphatic imine (C=N–C) groups is 1. The van der Waals surface area contributed by atoms with Crippen LogP contribution in [0.25, 0.3) is 0 Å². The van der Waals surface area contributed by atoms with Gasteiger partial charge in [0.1, 0.15) is 63.6 Å². The number of nitrogens with one attached hydrogen (secondary N) is 2. The molecule has 0 aliphatic carbocycles. The lowest BCUT2D eigenvalue weighted by atomic mass is 9.77. The first-order chi connectivity index (χ1) is 49.5. The summed E-state index contributed by atoms with van der Waals surface area (Å²) in [7, 11) is 0. The van der Waals surface area contributed by atoms with Crippen LogP contribution in [-0.4, -0.2) is 157 Å². The summed E-state index contributed by atoms with van der Waals surface area (Å²) in [4.78, 5) is 232. The molecule has 0 saturated carbocycles. The number of unbranched alkanes of at least 4 members (excludes halogenated alkanes) is 2. The number of carboxylic acid groups (broad SMARTS) is 3. The number of guanidine groups is 1. The number of benzene rings is 2. The van der Waals surface area contributed by atoms with E-state index in [0.717, 1.165) is 0 Å². The Balaban J connectivity index is 2.62. The predicted octanol–water partition coefficient (Wildman–Crippen LogP) is 5.34. The first-order valence-electron chi connectivity index (χ1n) is 36.0. The molecule has 0 aliphatic rings. The van der Waals surface area contributed by atoms with Gasteiger partial charge in [0, 0.05) is 177 Å². The third kappa shape index (κ3) is 38.7. The third-order valence-electron chi connectivity index (χ3n) is 18.8. The molecular formula is C76H109N7O22. The molecule has 0 fully saturated rings. The second-order valence-corrected chi connectivity index (χ2v) is 27.7. The standard InChI is InChI=1S/C76H109N7O22/c1-5-14-60(88)33-50(17-9-11-28-81-46(3)85)62(89)34-52(19-13-30-83-76(79)80)64(91)39-56(42-71(77)98)68(95)40-57(43-72(78)99)67(94)38-55(31-48-15-7-6-8-16-48)66(93)35-51(18-10-12-29-82-47(4)86)69(96)44-61(45(2)84)70(97)37-54(23-27-74(102)103)63(90)36-53(22-26-73(100)101)65(92)41-58(75(104)105)32-49-20-24-59(87)25-21-49/h6-8,15-16,20-21,24-25,45,50-58,61,84,87H,5,9-14,17-19,22-23,26-44H2,1-4H3,(H2,77,98)(H2,78,99)(H,81,85)(H,82,86)(H,100,101)(H,102,103)(H,104,105)(H4,79,80,83). The maximum absolute atomic E-state index is 15.0. The first-order valence-corrected chi connectivity index (χ1v) is 36.0. The number of nitrogens with zero attached hydrogens (tertiary/aromatic N) is 1. The summed E-state index contributed by atoms with van der Waals surface area (Å²) in [5.74, 6) is -27.2. The molecule has 29 nitrogen and oxygen atoms in total. The van der Waals surface area contributed by atoms with Crippen molar-refractivity contribution in [2.45, 2.75) is 214 Å². The molecule has 0 heterocycles. The van der Waals surface area contributed by atoms with Gasteiger partial charge in [-0.3, -0.25) is 86.5 Å². The van der Waals surface area contributed by atoms with Gasteiger partial charge in [-0.1, -0.05) is 62.2 Å². The lowest BCUT2D eigenvalue weighted by Crippen LogP contribution is -2.35. The lowest BCUT2D eigenvalue weighted by molar-refractivity contribution is -0.145. The number of primary amides is 2. The number of hydrogen-bond donors (Lipinski definition) is 11. The fraction of sp³-hybridized carbons (Fsp3) is 0.605.